The first-order valence-corrected chi connectivity index (χ1v) is 8.81. The molecule has 0 saturated carbocycles. The van der Waals surface area contributed by atoms with E-state index < -0.39 is 0 Å². The quantitative estimate of drug-likeness (QED) is 0.836. The van der Waals surface area contributed by atoms with Crippen LogP contribution in [-0.4, -0.2) is 46.1 Å². The van der Waals surface area contributed by atoms with E-state index in [-0.39, 0.29) is 0 Å². The molecule has 0 atom stereocenters. The normalized spacial score (nSPS) is 17.5. The van der Waals surface area contributed by atoms with Gasteiger partial charge in [0.05, 0.1) is 10.9 Å². The van der Waals surface area contributed by atoms with Crippen LogP contribution >= 0.6 is 22.9 Å². The number of halogens is 1. The van der Waals surface area contributed by atoms with Crippen molar-refractivity contribution in [2.75, 3.05) is 26.2 Å². The Kier molecular flexibility index (Phi) is 5.13. The molecule has 0 spiro atoms. The second kappa shape index (κ2) is 7.08. The predicted molar refractivity (Wildman–Crippen MR) is 88.3 cm³/mol. The lowest BCUT2D eigenvalue weighted by Gasteiger charge is -2.33. The first-order valence-electron chi connectivity index (χ1n) is 7.61. The molecule has 0 aromatic carbocycles. The van der Waals surface area contributed by atoms with Crippen molar-refractivity contribution in [1.29, 1.82) is 0 Å². The molecule has 0 N–H and O–H groups in total. The Labute approximate surface area is 139 Å². The van der Waals surface area contributed by atoms with Gasteiger partial charge in [0.1, 0.15) is 0 Å². The van der Waals surface area contributed by atoms with Crippen LogP contribution in [0.1, 0.15) is 36.4 Å². The van der Waals surface area contributed by atoms with Gasteiger partial charge in [-0.3, -0.25) is 9.80 Å². The van der Waals surface area contributed by atoms with Crippen molar-refractivity contribution < 1.29 is 4.52 Å². The average molecular weight is 341 g/mol. The minimum Gasteiger partial charge on any atom is -0.338 e. The molecular weight excluding hydrogens is 320 g/mol. The topological polar surface area (TPSA) is 45.4 Å². The first-order chi connectivity index (χ1) is 10.6. The molecule has 7 heteroatoms. The van der Waals surface area contributed by atoms with Crippen LogP contribution in [0, 0.1) is 0 Å². The molecule has 1 saturated heterocycles. The van der Waals surface area contributed by atoms with E-state index in [0.717, 1.165) is 55.3 Å². The monoisotopic (exact) mass is 340 g/mol. The molecule has 3 heterocycles. The van der Waals surface area contributed by atoms with Crippen molar-refractivity contribution in [2.45, 2.75) is 32.9 Å². The Morgan fingerprint density at radius 1 is 1.18 bits per heavy atom. The number of rotatable bonds is 5. The number of hydrogen-bond donors (Lipinski definition) is 0. The molecule has 120 valence electrons. The van der Waals surface area contributed by atoms with Gasteiger partial charge in [-0.1, -0.05) is 30.6 Å². The minimum atomic E-state index is 0.312. The Morgan fingerprint density at radius 2 is 1.86 bits per heavy atom. The van der Waals surface area contributed by atoms with E-state index in [1.165, 1.54) is 4.88 Å². The van der Waals surface area contributed by atoms with Crippen LogP contribution in [-0.2, 0) is 13.1 Å². The van der Waals surface area contributed by atoms with E-state index >= 15 is 0 Å². The second-order valence-electron chi connectivity index (χ2n) is 5.96. The molecular formula is C15H21ClN4OS. The summed E-state index contributed by atoms with van der Waals surface area (Å²) in [6, 6.07) is 4.09. The molecule has 1 aliphatic rings. The van der Waals surface area contributed by atoms with Crippen LogP contribution < -0.4 is 0 Å². The van der Waals surface area contributed by atoms with Crippen LogP contribution in [0.4, 0.5) is 0 Å². The molecule has 0 amide bonds. The summed E-state index contributed by atoms with van der Waals surface area (Å²) < 4.78 is 6.19. The van der Waals surface area contributed by atoms with Crippen LogP contribution in [0.2, 0.25) is 4.34 Å². The second-order valence-corrected chi connectivity index (χ2v) is 7.76. The molecule has 1 fully saturated rings. The highest BCUT2D eigenvalue weighted by Gasteiger charge is 2.20. The van der Waals surface area contributed by atoms with Gasteiger partial charge in [-0.05, 0) is 12.1 Å². The average Bonchev–Trinajstić information content (AvgIpc) is 3.10. The SMILES string of the molecule is CC(C)c1noc(CN2CCN(Cc3ccc(Cl)s3)CC2)n1. The van der Waals surface area contributed by atoms with Gasteiger partial charge in [0, 0.05) is 43.5 Å². The van der Waals surface area contributed by atoms with Gasteiger partial charge in [0.2, 0.25) is 5.89 Å². The smallest absolute Gasteiger partial charge is 0.240 e. The van der Waals surface area contributed by atoms with E-state index in [1.807, 2.05) is 6.07 Å². The third kappa shape index (κ3) is 4.07. The number of thiophene rings is 1. The minimum absolute atomic E-state index is 0.312. The standard InChI is InChI=1S/C15H21ClN4OS/c1-11(2)15-17-14(21-18-15)10-20-7-5-19(6-8-20)9-12-3-4-13(16)22-12/h3-4,11H,5-10H2,1-2H3. The maximum atomic E-state index is 5.98. The van der Waals surface area contributed by atoms with Gasteiger partial charge in [0.15, 0.2) is 5.82 Å². The van der Waals surface area contributed by atoms with E-state index in [2.05, 4.69) is 39.9 Å². The maximum Gasteiger partial charge on any atom is 0.240 e. The molecule has 0 aliphatic carbocycles. The fourth-order valence-electron chi connectivity index (χ4n) is 2.52. The number of piperazine rings is 1. The molecule has 0 bridgehead atoms. The number of hydrogen-bond acceptors (Lipinski definition) is 6. The lowest BCUT2D eigenvalue weighted by Crippen LogP contribution is -2.45. The van der Waals surface area contributed by atoms with Crippen molar-refractivity contribution in [2.24, 2.45) is 0 Å². The van der Waals surface area contributed by atoms with Gasteiger partial charge >= 0.3 is 0 Å². The van der Waals surface area contributed by atoms with E-state index in [9.17, 15) is 0 Å². The van der Waals surface area contributed by atoms with Crippen molar-refractivity contribution in [3.8, 4) is 0 Å². The van der Waals surface area contributed by atoms with Crippen molar-refractivity contribution in [3.05, 3.63) is 33.1 Å². The molecule has 5 nitrogen and oxygen atoms in total. The van der Waals surface area contributed by atoms with Crippen molar-refractivity contribution in [3.63, 3.8) is 0 Å². The zero-order chi connectivity index (χ0) is 15.5. The van der Waals surface area contributed by atoms with Crippen LogP contribution in [0.3, 0.4) is 0 Å². The van der Waals surface area contributed by atoms with Gasteiger partial charge in [-0.25, -0.2) is 0 Å². The maximum absolute atomic E-state index is 5.98. The zero-order valence-electron chi connectivity index (χ0n) is 13.0. The fourth-order valence-corrected chi connectivity index (χ4v) is 3.65. The molecule has 2 aromatic rings. The lowest BCUT2D eigenvalue weighted by molar-refractivity contribution is 0.113. The van der Waals surface area contributed by atoms with Crippen LogP contribution in [0.5, 0.6) is 0 Å². The summed E-state index contributed by atoms with van der Waals surface area (Å²) in [6.07, 6.45) is 0. The first kappa shape index (κ1) is 15.9. The third-order valence-corrected chi connectivity index (χ3v) is 5.05. The molecule has 3 rings (SSSR count). The predicted octanol–water partition coefficient (Wildman–Crippen LogP) is 3.23. The Hall–Kier alpha value is -0.950. The highest BCUT2D eigenvalue weighted by atomic mass is 35.5. The molecule has 22 heavy (non-hydrogen) atoms. The van der Waals surface area contributed by atoms with E-state index in [0.29, 0.717) is 5.92 Å². The van der Waals surface area contributed by atoms with Crippen molar-refractivity contribution >= 4 is 22.9 Å². The summed E-state index contributed by atoms with van der Waals surface area (Å²) in [5.74, 6) is 1.83. The summed E-state index contributed by atoms with van der Waals surface area (Å²) in [5.41, 5.74) is 0. The van der Waals surface area contributed by atoms with E-state index in [1.54, 1.807) is 11.3 Å². The largest absolute Gasteiger partial charge is 0.338 e. The summed E-state index contributed by atoms with van der Waals surface area (Å²) in [7, 11) is 0. The summed E-state index contributed by atoms with van der Waals surface area (Å²) in [4.78, 5) is 10.6. The Balaban J connectivity index is 1.47. The van der Waals surface area contributed by atoms with Gasteiger partial charge in [-0.2, -0.15) is 4.98 Å². The lowest BCUT2D eigenvalue weighted by atomic mass is 10.2. The third-order valence-electron chi connectivity index (χ3n) is 3.83. The van der Waals surface area contributed by atoms with Gasteiger partial charge < -0.3 is 4.52 Å². The van der Waals surface area contributed by atoms with Crippen LogP contribution in [0.15, 0.2) is 16.7 Å². The molecule has 0 radical (unpaired) electrons. The highest BCUT2D eigenvalue weighted by Crippen LogP contribution is 2.23. The zero-order valence-corrected chi connectivity index (χ0v) is 14.5. The Morgan fingerprint density at radius 3 is 2.41 bits per heavy atom. The van der Waals surface area contributed by atoms with Crippen LogP contribution in [0.25, 0.3) is 0 Å². The fraction of sp³-hybridized carbons (Fsp3) is 0.600. The number of aromatic nitrogens is 2. The summed E-state index contributed by atoms with van der Waals surface area (Å²) in [5, 5.41) is 4.02. The van der Waals surface area contributed by atoms with E-state index in [4.69, 9.17) is 16.1 Å². The highest BCUT2D eigenvalue weighted by molar-refractivity contribution is 7.16. The molecule has 1 aliphatic heterocycles. The Bertz CT molecular complexity index is 604. The summed E-state index contributed by atoms with van der Waals surface area (Å²) in [6.45, 7) is 10.1. The van der Waals surface area contributed by atoms with Crippen molar-refractivity contribution in [1.82, 2.24) is 19.9 Å². The number of nitrogens with zero attached hydrogens (tertiary/aromatic N) is 4. The molecule has 2 aromatic heterocycles. The summed E-state index contributed by atoms with van der Waals surface area (Å²) >= 11 is 7.65. The van der Waals surface area contributed by atoms with Gasteiger partial charge in [0.25, 0.3) is 0 Å². The van der Waals surface area contributed by atoms with Gasteiger partial charge in [-0.15, -0.1) is 11.3 Å². The molecule has 0 unspecified atom stereocenters.